The fourth-order valence-corrected chi connectivity index (χ4v) is 1.84. The van der Waals surface area contributed by atoms with E-state index in [2.05, 4.69) is 26.1 Å². The highest BCUT2D eigenvalue weighted by Gasteiger charge is 2.26. The van der Waals surface area contributed by atoms with Crippen molar-refractivity contribution in [3.63, 3.8) is 0 Å². The molecular weight excluding hydrogens is 188 g/mol. The maximum Gasteiger partial charge on any atom is 0.0471 e. The summed E-state index contributed by atoms with van der Waals surface area (Å²) in [6.45, 7) is 10.4. The molecule has 0 bridgehead atoms. The zero-order valence-corrected chi connectivity index (χ0v) is 10.4. The van der Waals surface area contributed by atoms with Crippen molar-refractivity contribution in [2.45, 2.75) is 45.6 Å². The van der Waals surface area contributed by atoms with E-state index in [4.69, 9.17) is 10.5 Å². The third kappa shape index (κ3) is 5.50. The Balaban J connectivity index is 2.13. The molecule has 3 nitrogen and oxygen atoms in total. The van der Waals surface area contributed by atoms with E-state index >= 15 is 0 Å². The van der Waals surface area contributed by atoms with Gasteiger partial charge in [-0.25, -0.2) is 0 Å². The summed E-state index contributed by atoms with van der Waals surface area (Å²) < 4.78 is 5.38. The summed E-state index contributed by atoms with van der Waals surface area (Å²) in [6, 6.07) is 0. The lowest BCUT2D eigenvalue weighted by molar-refractivity contribution is 0.0240. The molecular formula is C12H26N2O. The van der Waals surface area contributed by atoms with Crippen LogP contribution >= 0.6 is 0 Å². The van der Waals surface area contributed by atoms with Gasteiger partial charge in [-0.2, -0.15) is 0 Å². The van der Waals surface area contributed by atoms with Crippen molar-refractivity contribution in [3.8, 4) is 0 Å². The minimum atomic E-state index is -0.0520. The fraction of sp³-hybridized carbons (Fsp3) is 1.00. The Morgan fingerprint density at radius 1 is 1.33 bits per heavy atom. The number of nitrogens with one attached hydrogen (secondary N) is 1. The standard InChI is InChI=1S/C12H26N2O/c1-11(2,13)4-7-14-10-12(3)5-8-15-9-6-12/h14H,4-10,13H2,1-3H3. The summed E-state index contributed by atoms with van der Waals surface area (Å²) in [7, 11) is 0. The molecule has 0 aromatic heterocycles. The first kappa shape index (κ1) is 12.9. The molecule has 1 fully saturated rings. The molecule has 0 aromatic rings. The van der Waals surface area contributed by atoms with Crippen molar-refractivity contribution >= 4 is 0 Å². The fourth-order valence-electron chi connectivity index (χ4n) is 1.84. The Morgan fingerprint density at radius 3 is 2.47 bits per heavy atom. The number of nitrogens with two attached hydrogens (primary N) is 1. The molecule has 1 rings (SSSR count). The quantitative estimate of drug-likeness (QED) is 0.682. The highest BCUT2D eigenvalue weighted by molar-refractivity contribution is 4.80. The Labute approximate surface area is 93.8 Å². The molecule has 15 heavy (non-hydrogen) atoms. The van der Waals surface area contributed by atoms with Crippen molar-refractivity contribution in [2.75, 3.05) is 26.3 Å². The Morgan fingerprint density at radius 2 is 1.93 bits per heavy atom. The van der Waals surface area contributed by atoms with Crippen LogP contribution in [0, 0.1) is 5.41 Å². The van der Waals surface area contributed by atoms with Crippen LogP contribution in [0.1, 0.15) is 40.0 Å². The van der Waals surface area contributed by atoms with Crippen LogP contribution < -0.4 is 11.1 Å². The lowest BCUT2D eigenvalue weighted by atomic mass is 9.82. The van der Waals surface area contributed by atoms with Gasteiger partial charge >= 0.3 is 0 Å². The molecule has 0 radical (unpaired) electrons. The van der Waals surface area contributed by atoms with E-state index in [1.807, 2.05) is 0 Å². The van der Waals surface area contributed by atoms with E-state index in [9.17, 15) is 0 Å². The van der Waals surface area contributed by atoms with Crippen LogP contribution in [0.2, 0.25) is 0 Å². The van der Waals surface area contributed by atoms with E-state index < -0.39 is 0 Å². The maximum atomic E-state index is 5.93. The number of hydrogen-bond donors (Lipinski definition) is 2. The van der Waals surface area contributed by atoms with Gasteiger partial charge < -0.3 is 15.8 Å². The molecule has 0 atom stereocenters. The third-order valence-corrected chi connectivity index (χ3v) is 3.20. The molecule has 0 spiro atoms. The highest BCUT2D eigenvalue weighted by atomic mass is 16.5. The number of rotatable bonds is 5. The number of hydrogen-bond acceptors (Lipinski definition) is 3. The summed E-state index contributed by atoms with van der Waals surface area (Å²) in [5.74, 6) is 0. The van der Waals surface area contributed by atoms with Crippen LogP contribution in [0.15, 0.2) is 0 Å². The zero-order valence-electron chi connectivity index (χ0n) is 10.4. The Bertz CT molecular complexity index is 181. The van der Waals surface area contributed by atoms with Crippen LogP contribution in [0.25, 0.3) is 0 Å². The Kier molecular flexibility index (Phi) is 4.56. The van der Waals surface area contributed by atoms with Gasteiger partial charge in [0.25, 0.3) is 0 Å². The van der Waals surface area contributed by atoms with Gasteiger partial charge in [0.1, 0.15) is 0 Å². The first-order valence-corrected chi connectivity index (χ1v) is 5.99. The van der Waals surface area contributed by atoms with Crippen LogP contribution in [-0.2, 0) is 4.74 Å². The van der Waals surface area contributed by atoms with Gasteiger partial charge in [0.2, 0.25) is 0 Å². The van der Waals surface area contributed by atoms with Crippen molar-refractivity contribution in [2.24, 2.45) is 11.1 Å². The van der Waals surface area contributed by atoms with Gasteiger partial charge in [0.15, 0.2) is 0 Å². The molecule has 0 aliphatic carbocycles. The predicted octanol–water partition coefficient (Wildman–Crippen LogP) is 1.52. The normalized spacial score (nSPS) is 21.6. The molecule has 0 amide bonds. The summed E-state index contributed by atoms with van der Waals surface area (Å²) in [5, 5.41) is 3.52. The molecule has 0 aromatic carbocycles. The summed E-state index contributed by atoms with van der Waals surface area (Å²) in [6.07, 6.45) is 3.37. The lowest BCUT2D eigenvalue weighted by Crippen LogP contribution is -2.40. The number of ether oxygens (including phenoxy) is 1. The SMILES string of the molecule is CC(C)(N)CCNCC1(C)CCOCC1. The lowest BCUT2D eigenvalue weighted by Gasteiger charge is -2.34. The van der Waals surface area contributed by atoms with E-state index in [-0.39, 0.29) is 5.54 Å². The van der Waals surface area contributed by atoms with Gasteiger partial charge in [-0.15, -0.1) is 0 Å². The second-order valence-electron chi connectivity index (χ2n) is 5.84. The minimum absolute atomic E-state index is 0.0520. The third-order valence-electron chi connectivity index (χ3n) is 3.20. The average Bonchev–Trinajstić information content (AvgIpc) is 2.12. The maximum absolute atomic E-state index is 5.93. The van der Waals surface area contributed by atoms with Gasteiger partial charge in [-0.3, -0.25) is 0 Å². The van der Waals surface area contributed by atoms with E-state index in [1.54, 1.807) is 0 Å². The Hall–Kier alpha value is -0.120. The monoisotopic (exact) mass is 214 g/mol. The zero-order chi connectivity index (χ0) is 11.4. The van der Waals surface area contributed by atoms with Gasteiger partial charge in [0, 0.05) is 25.3 Å². The van der Waals surface area contributed by atoms with Crippen molar-refractivity contribution < 1.29 is 4.74 Å². The summed E-state index contributed by atoms with van der Waals surface area (Å²) in [5.41, 5.74) is 6.30. The molecule has 0 unspecified atom stereocenters. The smallest absolute Gasteiger partial charge is 0.0471 e. The molecule has 1 saturated heterocycles. The van der Waals surface area contributed by atoms with Crippen LogP contribution in [0.4, 0.5) is 0 Å². The molecule has 1 aliphatic rings. The van der Waals surface area contributed by atoms with Gasteiger partial charge in [-0.1, -0.05) is 6.92 Å². The largest absolute Gasteiger partial charge is 0.381 e. The van der Waals surface area contributed by atoms with Gasteiger partial charge in [0.05, 0.1) is 0 Å². The van der Waals surface area contributed by atoms with Crippen molar-refractivity contribution in [1.82, 2.24) is 5.32 Å². The van der Waals surface area contributed by atoms with Crippen LogP contribution in [0.5, 0.6) is 0 Å². The molecule has 1 heterocycles. The predicted molar refractivity (Wildman–Crippen MR) is 63.9 cm³/mol. The second kappa shape index (κ2) is 5.28. The highest BCUT2D eigenvalue weighted by Crippen LogP contribution is 2.28. The molecule has 3 N–H and O–H groups in total. The van der Waals surface area contributed by atoms with E-state index in [0.29, 0.717) is 5.41 Å². The first-order valence-electron chi connectivity index (χ1n) is 5.99. The van der Waals surface area contributed by atoms with E-state index in [0.717, 1.165) is 32.7 Å². The second-order valence-corrected chi connectivity index (χ2v) is 5.84. The molecule has 0 saturated carbocycles. The molecule has 3 heteroatoms. The minimum Gasteiger partial charge on any atom is -0.381 e. The van der Waals surface area contributed by atoms with Gasteiger partial charge in [-0.05, 0) is 45.1 Å². The van der Waals surface area contributed by atoms with Crippen LogP contribution in [0.3, 0.4) is 0 Å². The van der Waals surface area contributed by atoms with Crippen LogP contribution in [-0.4, -0.2) is 31.8 Å². The van der Waals surface area contributed by atoms with E-state index in [1.165, 1.54) is 12.8 Å². The van der Waals surface area contributed by atoms with Crippen molar-refractivity contribution in [3.05, 3.63) is 0 Å². The summed E-state index contributed by atoms with van der Waals surface area (Å²) in [4.78, 5) is 0. The topological polar surface area (TPSA) is 47.3 Å². The van der Waals surface area contributed by atoms with Crippen molar-refractivity contribution in [1.29, 1.82) is 0 Å². The molecule has 90 valence electrons. The summed E-state index contributed by atoms with van der Waals surface area (Å²) >= 11 is 0. The molecule has 1 aliphatic heterocycles. The first-order chi connectivity index (χ1) is 6.91. The average molecular weight is 214 g/mol.